The normalized spacial score (nSPS) is 21.0. The number of carbonyl (C=O) groups is 1. The van der Waals surface area contributed by atoms with Crippen molar-refractivity contribution in [2.24, 2.45) is 0 Å². The van der Waals surface area contributed by atoms with Gasteiger partial charge in [-0.25, -0.2) is 0 Å². The molecule has 2 aromatic rings. The maximum absolute atomic E-state index is 13.0. The first-order valence-corrected chi connectivity index (χ1v) is 11.5. The van der Waals surface area contributed by atoms with Gasteiger partial charge in [0.25, 0.3) is 5.91 Å². The van der Waals surface area contributed by atoms with E-state index in [2.05, 4.69) is 17.9 Å². The smallest absolute Gasteiger partial charge is 0.416 e. The van der Waals surface area contributed by atoms with Gasteiger partial charge in [0, 0.05) is 37.3 Å². The first-order valence-electron chi connectivity index (χ1n) is 11.5. The molecule has 0 radical (unpaired) electrons. The van der Waals surface area contributed by atoms with Crippen LogP contribution in [-0.4, -0.2) is 48.0 Å². The molecular weight excluding hydrogens is 443 g/mol. The van der Waals surface area contributed by atoms with E-state index in [-0.39, 0.29) is 30.2 Å². The van der Waals surface area contributed by atoms with Crippen molar-refractivity contribution in [2.75, 3.05) is 26.2 Å². The number of ether oxygens (including phenoxy) is 1. The number of halogens is 3. The molecule has 2 atom stereocenters. The summed E-state index contributed by atoms with van der Waals surface area (Å²) in [5.41, 5.74) is 2.97. The largest absolute Gasteiger partial charge is 0.478 e. The predicted molar refractivity (Wildman–Crippen MR) is 121 cm³/mol. The molecule has 0 spiro atoms. The number of hydrogen-bond acceptors (Lipinski definition) is 4. The van der Waals surface area contributed by atoms with E-state index in [0.717, 1.165) is 48.3 Å². The molecule has 180 valence electrons. The van der Waals surface area contributed by atoms with E-state index in [4.69, 9.17) is 10.00 Å². The standard InChI is InChI=1S/C26H28F3N3O2/c1-17-18(2)24(34-15-12-30)11-10-22(17)23-5-3-4-21-16-31(13-14-32(21)23)25(33)19-6-8-20(9-7-19)26(27,28)29/h6-11,21,23H,3-5,13-16H2,1-2H3. The average Bonchev–Trinajstić information content (AvgIpc) is 2.83. The number of piperidine rings is 1. The van der Waals surface area contributed by atoms with Crippen LogP contribution < -0.4 is 4.74 Å². The summed E-state index contributed by atoms with van der Waals surface area (Å²) in [6.07, 6.45) is -1.36. The molecule has 2 saturated heterocycles. The Hall–Kier alpha value is -3.05. The van der Waals surface area contributed by atoms with Crippen molar-refractivity contribution in [3.63, 3.8) is 0 Å². The molecule has 0 aromatic heterocycles. The molecule has 8 heteroatoms. The van der Waals surface area contributed by atoms with Gasteiger partial charge in [-0.3, -0.25) is 9.69 Å². The minimum absolute atomic E-state index is 0.0139. The van der Waals surface area contributed by atoms with Gasteiger partial charge in [-0.15, -0.1) is 0 Å². The van der Waals surface area contributed by atoms with Crippen LogP contribution >= 0.6 is 0 Å². The number of piperazine rings is 1. The lowest BCUT2D eigenvalue weighted by molar-refractivity contribution is -0.137. The van der Waals surface area contributed by atoms with E-state index in [1.165, 1.54) is 17.7 Å². The van der Waals surface area contributed by atoms with Crippen molar-refractivity contribution in [3.8, 4) is 11.8 Å². The maximum Gasteiger partial charge on any atom is 0.416 e. The Morgan fingerprint density at radius 2 is 1.82 bits per heavy atom. The molecule has 2 heterocycles. The second-order valence-electron chi connectivity index (χ2n) is 9.01. The first-order chi connectivity index (χ1) is 16.2. The van der Waals surface area contributed by atoms with E-state index >= 15 is 0 Å². The fraction of sp³-hybridized carbons (Fsp3) is 0.462. The second-order valence-corrected chi connectivity index (χ2v) is 9.01. The van der Waals surface area contributed by atoms with Crippen LogP contribution in [0, 0.1) is 25.2 Å². The summed E-state index contributed by atoms with van der Waals surface area (Å²) in [6, 6.07) is 10.9. The van der Waals surface area contributed by atoms with Crippen molar-refractivity contribution in [2.45, 2.75) is 51.4 Å². The van der Waals surface area contributed by atoms with Crippen molar-refractivity contribution in [3.05, 3.63) is 64.2 Å². The number of hydrogen-bond donors (Lipinski definition) is 0. The molecule has 2 aliphatic rings. The molecule has 0 bridgehead atoms. The van der Waals surface area contributed by atoms with Gasteiger partial charge in [-0.05, 0) is 80.1 Å². The number of alkyl halides is 3. The van der Waals surface area contributed by atoms with Gasteiger partial charge in [0.15, 0.2) is 6.61 Å². The molecule has 0 saturated carbocycles. The third-order valence-corrected chi connectivity index (χ3v) is 7.12. The summed E-state index contributed by atoms with van der Waals surface area (Å²) in [5, 5.41) is 8.80. The van der Waals surface area contributed by atoms with Crippen molar-refractivity contribution in [1.29, 1.82) is 5.26 Å². The Labute approximate surface area is 197 Å². The predicted octanol–water partition coefficient (Wildman–Crippen LogP) is 5.28. The number of amides is 1. The first kappa shape index (κ1) is 24.1. The topological polar surface area (TPSA) is 56.6 Å². The molecule has 2 unspecified atom stereocenters. The highest BCUT2D eigenvalue weighted by Gasteiger charge is 2.38. The van der Waals surface area contributed by atoms with Crippen LogP contribution in [0.5, 0.6) is 5.75 Å². The zero-order valence-corrected chi connectivity index (χ0v) is 19.4. The van der Waals surface area contributed by atoms with E-state index in [9.17, 15) is 18.0 Å². The van der Waals surface area contributed by atoms with E-state index < -0.39 is 11.7 Å². The highest BCUT2D eigenvalue weighted by Crippen LogP contribution is 2.39. The zero-order chi connectivity index (χ0) is 24.5. The quantitative estimate of drug-likeness (QED) is 0.609. The Bertz CT molecular complexity index is 1090. The van der Waals surface area contributed by atoms with Crippen LogP contribution in [0.1, 0.15) is 57.9 Å². The fourth-order valence-electron chi connectivity index (χ4n) is 5.20. The van der Waals surface area contributed by atoms with E-state index in [1.807, 2.05) is 19.1 Å². The molecule has 5 nitrogen and oxygen atoms in total. The molecule has 1 amide bonds. The number of carbonyl (C=O) groups excluding carboxylic acids is 1. The summed E-state index contributed by atoms with van der Waals surface area (Å²) >= 11 is 0. The lowest BCUT2D eigenvalue weighted by Gasteiger charge is -2.48. The average molecular weight is 472 g/mol. The number of fused-ring (bicyclic) bond motifs is 1. The van der Waals surface area contributed by atoms with Crippen LogP contribution in [-0.2, 0) is 6.18 Å². The summed E-state index contributed by atoms with van der Waals surface area (Å²) in [5.74, 6) is 0.503. The van der Waals surface area contributed by atoms with Gasteiger partial charge in [0.1, 0.15) is 11.8 Å². The van der Waals surface area contributed by atoms with Crippen molar-refractivity contribution >= 4 is 5.91 Å². The summed E-state index contributed by atoms with van der Waals surface area (Å²) in [6.45, 7) is 5.92. The third-order valence-electron chi connectivity index (χ3n) is 7.12. The van der Waals surface area contributed by atoms with Crippen LogP contribution in [0.3, 0.4) is 0 Å². The van der Waals surface area contributed by atoms with Crippen LogP contribution in [0.2, 0.25) is 0 Å². The molecule has 4 rings (SSSR count). The molecule has 2 fully saturated rings. The minimum atomic E-state index is -4.42. The van der Waals surface area contributed by atoms with Crippen LogP contribution in [0.25, 0.3) is 0 Å². The van der Waals surface area contributed by atoms with Gasteiger partial charge in [0.2, 0.25) is 0 Å². The minimum Gasteiger partial charge on any atom is -0.478 e. The van der Waals surface area contributed by atoms with Crippen LogP contribution in [0.4, 0.5) is 13.2 Å². The van der Waals surface area contributed by atoms with Gasteiger partial charge in [0.05, 0.1) is 5.56 Å². The molecule has 34 heavy (non-hydrogen) atoms. The van der Waals surface area contributed by atoms with Crippen molar-refractivity contribution in [1.82, 2.24) is 9.80 Å². The zero-order valence-electron chi connectivity index (χ0n) is 19.4. The Kier molecular flexibility index (Phi) is 6.85. The third kappa shape index (κ3) is 4.76. The maximum atomic E-state index is 13.0. The van der Waals surface area contributed by atoms with E-state index in [1.54, 1.807) is 4.90 Å². The fourth-order valence-corrected chi connectivity index (χ4v) is 5.20. The molecule has 2 aliphatic heterocycles. The number of nitriles is 1. The number of rotatable bonds is 4. The molecular formula is C26H28F3N3O2. The Morgan fingerprint density at radius 1 is 1.09 bits per heavy atom. The summed E-state index contributed by atoms with van der Waals surface area (Å²) in [7, 11) is 0. The van der Waals surface area contributed by atoms with E-state index in [0.29, 0.717) is 19.6 Å². The molecule has 0 aliphatic carbocycles. The second kappa shape index (κ2) is 9.67. The number of nitrogens with zero attached hydrogens (tertiary/aromatic N) is 3. The van der Waals surface area contributed by atoms with Gasteiger partial charge in [-0.2, -0.15) is 18.4 Å². The molecule has 0 N–H and O–H groups in total. The van der Waals surface area contributed by atoms with Gasteiger partial charge >= 0.3 is 6.18 Å². The Balaban J connectivity index is 1.48. The lowest BCUT2D eigenvalue weighted by atomic mass is 9.86. The Morgan fingerprint density at radius 3 is 2.50 bits per heavy atom. The summed E-state index contributed by atoms with van der Waals surface area (Å²) in [4.78, 5) is 17.2. The molecule has 2 aromatic carbocycles. The lowest BCUT2D eigenvalue weighted by Crippen LogP contribution is -2.57. The number of benzene rings is 2. The van der Waals surface area contributed by atoms with Crippen molar-refractivity contribution < 1.29 is 22.7 Å². The highest BCUT2D eigenvalue weighted by atomic mass is 19.4. The monoisotopic (exact) mass is 471 g/mol. The van der Waals surface area contributed by atoms with Gasteiger partial charge in [-0.1, -0.05) is 6.07 Å². The van der Waals surface area contributed by atoms with Gasteiger partial charge < -0.3 is 9.64 Å². The highest BCUT2D eigenvalue weighted by molar-refractivity contribution is 5.94. The van der Waals surface area contributed by atoms with Crippen LogP contribution in [0.15, 0.2) is 36.4 Å². The summed E-state index contributed by atoms with van der Waals surface area (Å²) < 4.78 is 44.1. The SMILES string of the molecule is Cc1c(OCC#N)ccc(C2CCCC3CN(C(=O)c4ccc(C(F)(F)F)cc4)CCN32)c1C.